The molecule has 1 aromatic rings. The van der Waals surface area contributed by atoms with Crippen LogP contribution in [0, 0.1) is 0 Å². The van der Waals surface area contributed by atoms with Crippen molar-refractivity contribution in [2.24, 2.45) is 0 Å². The number of anilines is 1. The molecular formula is C15H23N3OS. The predicted octanol–water partition coefficient (Wildman–Crippen LogP) is 3.37. The first kappa shape index (κ1) is 14.1. The first-order valence-electron chi connectivity index (χ1n) is 7.69. The summed E-state index contributed by atoms with van der Waals surface area (Å²) in [6, 6.07) is 2.14. The Balaban J connectivity index is 1.86. The maximum Gasteiger partial charge on any atom is 0.160 e. The van der Waals surface area contributed by atoms with Crippen LogP contribution >= 0.6 is 11.8 Å². The van der Waals surface area contributed by atoms with Crippen molar-refractivity contribution < 1.29 is 4.74 Å². The molecule has 1 aliphatic heterocycles. The van der Waals surface area contributed by atoms with Crippen LogP contribution in [0.15, 0.2) is 6.07 Å². The number of nitrogens with one attached hydrogen (secondary N) is 1. The SMILES string of the molecule is CCNc1cc(C2CCCC2)nc(C2CSCCO2)n1. The second-order valence-electron chi connectivity index (χ2n) is 5.48. The van der Waals surface area contributed by atoms with E-state index in [2.05, 4.69) is 23.3 Å². The molecule has 1 saturated carbocycles. The number of aromatic nitrogens is 2. The summed E-state index contributed by atoms with van der Waals surface area (Å²) in [6.45, 7) is 3.80. The molecule has 2 heterocycles. The lowest BCUT2D eigenvalue weighted by Crippen LogP contribution is -2.19. The van der Waals surface area contributed by atoms with E-state index in [1.54, 1.807) is 0 Å². The molecular weight excluding hydrogens is 270 g/mol. The fourth-order valence-corrected chi connectivity index (χ4v) is 3.81. The van der Waals surface area contributed by atoms with E-state index >= 15 is 0 Å². The Kier molecular flexibility index (Phi) is 4.78. The van der Waals surface area contributed by atoms with E-state index in [1.807, 2.05) is 11.8 Å². The largest absolute Gasteiger partial charge is 0.370 e. The van der Waals surface area contributed by atoms with Gasteiger partial charge in [-0.25, -0.2) is 9.97 Å². The van der Waals surface area contributed by atoms with Gasteiger partial charge in [-0.1, -0.05) is 12.8 Å². The molecule has 4 nitrogen and oxygen atoms in total. The molecule has 0 bridgehead atoms. The molecule has 1 aromatic heterocycles. The Bertz CT molecular complexity index is 443. The molecule has 1 saturated heterocycles. The van der Waals surface area contributed by atoms with E-state index in [-0.39, 0.29) is 6.10 Å². The molecule has 1 N–H and O–H groups in total. The van der Waals surface area contributed by atoms with Crippen LogP contribution < -0.4 is 5.32 Å². The normalized spacial score (nSPS) is 23.9. The molecule has 0 amide bonds. The van der Waals surface area contributed by atoms with Crippen molar-refractivity contribution in [1.82, 2.24) is 9.97 Å². The second-order valence-corrected chi connectivity index (χ2v) is 6.63. The van der Waals surface area contributed by atoms with Gasteiger partial charge in [0.25, 0.3) is 0 Å². The van der Waals surface area contributed by atoms with Crippen LogP contribution in [-0.2, 0) is 4.74 Å². The molecule has 0 aromatic carbocycles. The summed E-state index contributed by atoms with van der Waals surface area (Å²) in [5.41, 5.74) is 1.21. The summed E-state index contributed by atoms with van der Waals surface area (Å²) >= 11 is 1.93. The Hall–Kier alpha value is -0.810. The van der Waals surface area contributed by atoms with E-state index in [9.17, 15) is 0 Å². The van der Waals surface area contributed by atoms with E-state index in [4.69, 9.17) is 9.72 Å². The van der Waals surface area contributed by atoms with Gasteiger partial charge in [-0.15, -0.1) is 0 Å². The highest BCUT2D eigenvalue weighted by Gasteiger charge is 2.24. The summed E-state index contributed by atoms with van der Waals surface area (Å²) in [4.78, 5) is 9.49. The Morgan fingerprint density at radius 2 is 2.20 bits per heavy atom. The quantitative estimate of drug-likeness (QED) is 0.922. The number of rotatable bonds is 4. The average molecular weight is 293 g/mol. The Morgan fingerprint density at radius 1 is 1.35 bits per heavy atom. The Labute approximate surface area is 125 Å². The van der Waals surface area contributed by atoms with Gasteiger partial charge in [-0.05, 0) is 19.8 Å². The maximum absolute atomic E-state index is 5.84. The second kappa shape index (κ2) is 6.76. The van der Waals surface area contributed by atoms with E-state index in [0.717, 1.165) is 36.3 Å². The lowest BCUT2D eigenvalue weighted by Gasteiger charge is -2.22. The summed E-state index contributed by atoms with van der Waals surface area (Å²) < 4.78 is 5.84. The predicted molar refractivity (Wildman–Crippen MR) is 83.4 cm³/mol. The molecule has 110 valence electrons. The van der Waals surface area contributed by atoms with Gasteiger partial charge in [-0.2, -0.15) is 11.8 Å². The van der Waals surface area contributed by atoms with Gasteiger partial charge in [0.05, 0.1) is 6.61 Å². The van der Waals surface area contributed by atoms with Gasteiger partial charge in [0.1, 0.15) is 11.9 Å². The minimum atomic E-state index is 0.0625. The van der Waals surface area contributed by atoms with Crippen LogP contribution in [0.4, 0.5) is 5.82 Å². The molecule has 1 atom stereocenters. The summed E-state index contributed by atoms with van der Waals surface area (Å²) in [5, 5.41) is 3.34. The minimum absolute atomic E-state index is 0.0625. The van der Waals surface area contributed by atoms with Crippen LogP contribution in [-0.4, -0.2) is 34.6 Å². The molecule has 20 heavy (non-hydrogen) atoms. The monoisotopic (exact) mass is 293 g/mol. The van der Waals surface area contributed by atoms with Crippen molar-refractivity contribution >= 4 is 17.6 Å². The number of thioether (sulfide) groups is 1. The van der Waals surface area contributed by atoms with Crippen LogP contribution in [0.2, 0.25) is 0 Å². The number of nitrogens with zero attached hydrogens (tertiary/aromatic N) is 2. The number of hydrogen-bond donors (Lipinski definition) is 1. The van der Waals surface area contributed by atoms with Crippen molar-refractivity contribution in [3.63, 3.8) is 0 Å². The fraction of sp³-hybridized carbons (Fsp3) is 0.733. The molecule has 1 aliphatic carbocycles. The molecule has 1 unspecified atom stereocenters. The van der Waals surface area contributed by atoms with Gasteiger partial charge in [0, 0.05) is 35.7 Å². The third-order valence-electron chi connectivity index (χ3n) is 4.00. The topological polar surface area (TPSA) is 47.0 Å². The van der Waals surface area contributed by atoms with Crippen molar-refractivity contribution in [3.8, 4) is 0 Å². The molecule has 2 fully saturated rings. The Morgan fingerprint density at radius 3 is 2.90 bits per heavy atom. The number of ether oxygens (including phenoxy) is 1. The van der Waals surface area contributed by atoms with Crippen LogP contribution in [0.5, 0.6) is 0 Å². The summed E-state index contributed by atoms with van der Waals surface area (Å²) in [7, 11) is 0. The van der Waals surface area contributed by atoms with E-state index in [0.29, 0.717) is 5.92 Å². The third kappa shape index (κ3) is 3.26. The van der Waals surface area contributed by atoms with Crippen LogP contribution in [0.3, 0.4) is 0 Å². The minimum Gasteiger partial charge on any atom is -0.370 e. The highest BCUT2D eigenvalue weighted by Crippen LogP contribution is 2.35. The molecule has 3 rings (SSSR count). The smallest absolute Gasteiger partial charge is 0.160 e. The van der Waals surface area contributed by atoms with Gasteiger partial charge in [-0.3, -0.25) is 0 Å². The highest BCUT2D eigenvalue weighted by atomic mass is 32.2. The molecule has 0 radical (unpaired) electrons. The van der Waals surface area contributed by atoms with Gasteiger partial charge < -0.3 is 10.1 Å². The summed E-state index contributed by atoms with van der Waals surface area (Å²) in [5.74, 6) is 4.50. The van der Waals surface area contributed by atoms with E-state index < -0.39 is 0 Å². The molecule has 5 heteroatoms. The first-order valence-corrected chi connectivity index (χ1v) is 8.84. The van der Waals surface area contributed by atoms with Gasteiger partial charge >= 0.3 is 0 Å². The van der Waals surface area contributed by atoms with Gasteiger partial charge in [0.15, 0.2) is 5.82 Å². The van der Waals surface area contributed by atoms with Crippen molar-refractivity contribution in [3.05, 3.63) is 17.6 Å². The van der Waals surface area contributed by atoms with Crippen molar-refractivity contribution in [2.45, 2.75) is 44.6 Å². The average Bonchev–Trinajstić information content (AvgIpc) is 3.02. The van der Waals surface area contributed by atoms with Gasteiger partial charge in [0.2, 0.25) is 0 Å². The van der Waals surface area contributed by atoms with Crippen molar-refractivity contribution in [2.75, 3.05) is 30.0 Å². The summed E-state index contributed by atoms with van der Waals surface area (Å²) in [6.07, 6.45) is 5.25. The van der Waals surface area contributed by atoms with Crippen molar-refractivity contribution in [1.29, 1.82) is 0 Å². The highest BCUT2D eigenvalue weighted by molar-refractivity contribution is 7.99. The third-order valence-corrected chi connectivity index (χ3v) is 4.99. The first-order chi connectivity index (χ1) is 9.86. The lowest BCUT2D eigenvalue weighted by atomic mass is 10.0. The zero-order valence-electron chi connectivity index (χ0n) is 12.1. The zero-order valence-corrected chi connectivity index (χ0v) is 12.9. The fourth-order valence-electron chi connectivity index (χ4n) is 2.97. The standard InChI is InChI=1S/C15H23N3OS/c1-2-16-14-9-12(11-5-3-4-6-11)17-15(18-14)13-10-20-8-7-19-13/h9,11,13H,2-8,10H2,1H3,(H,16,17,18). The van der Waals surface area contributed by atoms with E-state index in [1.165, 1.54) is 31.4 Å². The molecule has 2 aliphatic rings. The lowest BCUT2D eigenvalue weighted by molar-refractivity contribution is 0.0693. The maximum atomic E-state index is 5.84. The van der Waals surface area contributed by atoms with Crippen LogP contribution in [0.25, 0.3) is 0 Å². The molecule has 0 spiro atoms. The zero-order chi connectivity index (χ0) is 13.8. The number of hydrogen-bond acceptors (Lipinski definition) is 5. The van der Waals surface area contributed by atoms with Crippen LogP contribution in [0.1, 0.15) is 56.1 Å².